The average molecular weight is 279 g/mol. The van der Waals surface area contributed by atoms with Gasteiger partial charge in [0.15, 0.2) is 0 Å². The van der Waals surface area contributed by atoms with Crippen LogP contribution in [0.15, 0.2) is 6.07 Å². The molecule has 0 unspecified atom stereocenters. The molecule has 1 fully saturated rings. The molecule has 0 aromatic carbocycles. The highest BCUT2D eigenvalue weighted by atomic mass is 32.1. The number of carbonyl (C=O) groups is 1. The van der Waals surface area contributed by atoms with Crippen molar-refractivity contribution in [1.82, 2.24) is 0 Å². The molecule has 2 aliphatic rings. The molecule has 3 rings (SSSR count). The van der Waals surface area contributed by atoms with Crippen molar-refractivity contribution in [3.8, 4) is 0 Å². The Morgan fingerprint density at radius 2 is 2.05 bits per heavy atom. The van der Waals surface area contributed by atoms with E-state index >= 15 is 0 Å². The van der Waals surface area contributed by atoms with Crippen LogP contribution >= 0.6 is 11.3 Å². The van der Waals surface area contributed by atoms with Crippen molar-refractivity contribution in [2.24, 2.45) is 16.7 Å². The van der Waals surface area contributed by atoms with Gasteiger partial charge in [0.1, 0.15) is 0 Å². The van der Waals surface area contributed by atoms with Gasteiger partial charge in [-0.25, -0.2) is 0 Å². The Kier molecular flexibility index (Phi) is 2.81. The maximum Gasteiger partial charge on any atom is 0.229 e. The SMILES string of the molecule is CC1(C)C(C(=O)Nc2cc3c(s2)COCC3)C1(C)C. The third-order valence-electron chi connectivity index (χ3n) is 5.17. The topological polar surface area (TPSA) is 38.3 Å². The van der Waals surface area contributed by atoms with E-state index in [-0.39, 0.29) is 22.7 Å². The van der Waals surface area contributed by atoms with Crippen LogP contribution in [0.25, 0.3) is 0 Å². The zero-order chi connectivity index (χ0) is 13.8. The van der Waals surface area contributed by atoms with Crippen molar-refractivity contribution in [3.63, 3.8) is 0 Å². The molecule has 1 aliphatic carbocycles. The average Bonchev–Trinajstić information content (AvgIpc) is 2.61. The first-order valence-corrected chi connectivity index (χ1v) is 7.66. The van der Waals surface area contributed by atoms with Gasteiger partial charge in [-0.2, -0.15) is 0 Å². The summed E-state index contributed by atoms with van der Waals surface area (Å²) in [6, 6.07) is 2.11. The molecule has 1 aromatic rings. The number of ether oxygens (including phenoxy) is 1. The summed E-state index contributed by atoms with van der Waals surface area (Å²) >= 11 is 1.65. The van der Waals surface area contributed by atoms with Gasteiger partial charge in [-0.05, 0) is 28.9 Å². The highest BCUT2D eigenvalue weighted by Crippen LogP contribution is 2.68. The Labute approximate surface area is 118 Å². The molecule has 0 radical (unpaired) electrons. The molecule has 3 nitrogen and oxygen atoms in total. The molecular formula is C15H21NO2S. The van der Waals surface area contributed by atoms with Crippen molar-refractivity contribution in [1.29, 1.82) is 0 Å². The molecule has 2 heterocycles. The van der Waals surface area contributed by atoms with Crippen molar-refractivity contribution in [2.45, 2.75) is 40.7 Å². The van der Waals surface area contributed by atoms with Gasteiger partial charge in [-0.15, -0.1) is 11.3 Å². The number of hydrogen-bond donors (Lipinski definition) is 1. The van der Waals surface area contributed by atoms with E-state index in [2.05, 4.69) is 39.1 Å². The molecule has 1 N–H and O–H groups in total. The van der Waals surface area contributed by atoms with E-state index in [9.17, 15) is 4.79 Å². The molecule has 104 valence electrons. The van der Waals surface area contributed by atoms with E-state index in [1.807, 2.05) is 0 Å². The summed E-state index contributed by atoms with van der Waals surface area (Å²) < 4.78 is 5.44. The first-order valence-electron chi connectivity index (χ1n) is 6.84. The number of hydrogen-bond acceptors (Lipinski definition) is 3. The summed E-state index contributed by atoms with van der Waals surface area (Å²) in [6.45, 7) is 10.2. The number of anilines is 1. The number of thiophene rings is 1. The van der Waals surface area contributed by atoms with Gasteiger partial charge in [0, 0.05) is 10.8 Å². The second-order valence-electron chi connectivity index (χ2n) is 6.73. The van der Waals surface area contributed by atoms with Gasteiger partial charge < -0.3 is 10.1 Å². The minimum Gasteiger partial charge on any atom is -0.376 e. The third kappa shape index (κ3) is 1.93. The van der Waals surface area contributed by atoms with Crippen LogP contribution < -0.4 is 5.32 Å². The second-order valence-corrected chi connectivity index (χ2v) is 7.86. The Hall–Kier alpha value is -0.870. The molecule has 1 saturated carbocycles. The molecule has 0 bridgehead atoms. The van der Waals surface area contributed by atoms with Crippen molar-refractivity contribution in [3.05, 3.63) is 16.5 Å². The van der Waals surface area contributed by atoms with Crippen molar-refractivity contribution >= 4 is 22.2 Å². The molecule has 1 aromatic heterocycles. The monoisotopic (exact) mass is 279 g/mol. The van der Waals surface area contributed by atoms with E-state index < -0.39 is 0 Å². The Morgan fingerprint density at radius 3 is 2.63 bits per heavy atom. The van der Waals surface area contributed by atoms with Crippen LogP contribution in [-0.4, -0.2) is 12.5 Å². The number of nitrogens with one attached hydrogen (secondary N) is 1. The third-order valence-corrected chi connectivity index (χ3v) is 6.24. The summed E-state index contributed by atoms with van der Waals surface area (Å²) in [5, 5.41) is 4.07. The number of fused-ring (bicyclic) bond motifs is 1. The smallest absolute Gasteiger partial charge is 0.229 e. The molecular weight excluding hydrogens is 258 g/mol. The van der Waals surface area contributed by atoms with Gasteiger partial charge in [0.2, 0.25) is 5.91 Å². The second kappa shape index (κ2) is 4.06. The van der Waals surface area contributed by atoms with Crippen LogP contribution in [0.5, 0.6) is 0 Å². The standard InChI is InChI=1S/C15H21NO2S/c1-14(2)12(15(14,3)4)13(17)16-11-7-9-5-6-18-8-10(9)19-11/h7,12H,5-6,8H2,1-4H3,(H,16,17). The van der Waals surface area contributed by atoms with Crippen LogP contribution in [0.4, 0.5) is 5.00 Å². The van der Waals surface area contributed by atoms with Crippen molar-refractivity contribution in [2.75, 3.05) is 11.9 Å². The molecule has 0 atom stereocenters. The lowest BCUT2D eigenvalue weighted by Crippen LogP contribution is -2.16. The van der Waals surface area contributed by atoms with Crippen molar-refractivity contribution < 1.29 is 9.53 Å². The van der Waals surface area contributed by atoms with E-state index in [0.29, 0.717) is 6.61 Å². The lowest BCUT2D eigenvalue weighted by molar-refractivity contribution is -0.118. The largest absolute Gasteiger partial charge is 0.376 e. The zero-order valence-corrected chi connectivity index (χ0v) is 12.8. The molecule has 4 heteroatoms. The summed E-state index contributed by atoms with van der Waals surface area (Å²) in [7, 11) is 0. The Balaban J connectivity index is 1.73. The van der Waals surface area contributed by atoms with E-state index in [4.69, 9.17) is 4.74 Å². The highest BCUT2D eigenvalue weighted by molar-refractivity contribution is 7.16. The molecule has 1 aliphatic heterocycles. The summed E-state index contributed by atoms with van der Waals surface area (Å²) in [5.41, 5.74) is 1.52. The maximum atomic E-state index is 12.4. The van der Waals surface area contributed by atoms with Gasteiger partial charge in [0.25, 0.3) is 0 Å². The Morgan fingerprint density at radius 1 is 1.37 bits per heavy atom. The van der Waals surface area contributed by atoms with Crippen LogP contribution in [-0.2, 0) is 22.6 Å². The fourth-order valence-corrected chi connectivity index (χ4v) is 4.31. The molecule has 0 spiro atoms. The van der Waals surface area contributed by atoms with E-state index in [1.165, 1.54) is 10.4 Å². The number of rotatable bonds is 2. The van der Waals surface area contributed by atoms with Crippen LogP contribution in [0.1, 0.15) is 38.1 Å². The predicted molar refractivity (Wildman–Crippen MR) is 77.4 cm³/mol. The molecule has 19 heavy (non-hydrogen) atoms. The minimum atomic E-state index is 0.0943. The Bertz CT molecular complexity index is 493. The molecule has 1 amide bonds. The predicted octanol–water partition coefficient (Wildman–Crippen LogP) is 3.44. The van der Waals surface area contributed by atoms with Gasteiger partial charge in [-0.3, -0.25) is 4.79 Å². The quantitative estimate of drug-likeness (QED) is 0.900. The normalized spacial score (nSPS) is 23.8. The van der Waals surface area contributed by atoms with Gasteiger partial charge in [0.05, 0.1) is 18.2 Å². The first kappa shape index (κ1) is 13.1. The van der Waals surface area contributed by atoms with E-state index in [1.54, 1.807) is 11.3 Å². The minimum absolute atomic E-state index is 0.0943. The fourth-order valence-electron chi connectivity index (χ4n) is 3.25. The lowest BCUT2D eigenvalue weighted by atomic mass is 10.0. The fraction of sp³-hybridized carbons (Fsp3) is 0.667. The summed E-state index contributed by atoms with van der Waals surface area (Å²) in [5.74, 6) is 0.268. The van der Waals surface area contributed by atoms with E-state index in [0.717, 1.165) is 18.0 Å². The number of carbonyl (C=O) groups excluding carboxylic acids is 1. The summed E-state index contributed by atoms with van der Waals surface area (Å²) in [4.78, 5) is 13.6. The zero-order valence-electron chi connectivity index (χ0n) is 12.0. The van der Waals surface area contributed by atoms with Gasteiger partial charge >= 0.3 is 0 Å². The van der Waals surface area contributed by atoms with Crippen LogP contribution in [0, 0.1) is 16.7 Å². The summed E-state index contributed by atoms with van der Waals surface area (Å²) in [6.07, 6.45) is 0.960. The number of amides is 1. The first-order chi connectivity index (χ1) is 8.84. The lowest BCUT2D eigenvalue weighted by Gasteiger charge is -2.10. The van der Waals surface area contributed by atoms with Crippen LogP contribution in [0.2, 0.25) is 0 Å². The van der Waals surface area contributed by atoms with Crippen LogP contribution in [0.3, 0.4) is 0 Å². The maximum absolute atomic E-state index is 12.4. The molecule has 0 saturated heterocycles. The van der Waals surface area contributed by atoms with Gasteiger partial charge in [-0.1, -0.05) is 27.7 Å². The highest BCUT2D eigenvalue weighted by Gasteiger charge is 2.68.